The summed E-state index contributed by atoms with van der Waals surface area (Å²) >= 11 is 0. The summed E-state index contributed by atoms with van der Waals surface area (Å²) in [6.07, 6.45) is 2.65. The number of aromatic nitrogens is 6. The Bertz CT molecular complexity index is 1460. The van der Waals surface area contributed by atoms with Crippen LogP contribution in [0.25, 0.3) is 39.2 Å². The molecule has 0 fully saturated rings. The van der Waals surface area contributed by atoms with E-state index >= 15 is 0 Å². The summed E-state index contributed by atoms with van der Waals surface area (Å²) in [4.78, 5) is 9.42. The molecule has 1 aromatic carbocycles. The van der Waals surface area contributed by atoms with Crippen molar-refractivity contribution in [1.29, 1.82) is 0 Å². The molecule has 0 saturated heterocycles. The summed E-state index contributed by atoms with van der Waals surface area (Å²) in [5.74, 6) is 0.636. The molecule has 172 valence electrons. The van der Waals surface area contributed by atoms with Crippen LogP contribution >= 0.6 is 0 Å². The fourth-order valence-electron chi connectivity index (χ4n) is 4.06. The standard InChI is InChI=1S/C26H27N7O/c1-4-21(27)23-9-6-8-22(30-23)17-12-19(24-11-16(2)32(3)31-24)20-14-28-33(25(20)13-17)26-10-5-7-18(15-34)29-26/h5-14,21,34H,4,15,27H2,1-3H3/t21-/m0/s1. The van der Waals surface area contributed by atoms with Crippen LogP contribution in [0.15, 0.2) is 60.8 Å². The summed E-state index contributed by atoms with van der Waals surface area (Å²) in [6.45, 7) is 3.95. The van der Waals surface area contributed by atoms with Gasteiger partial charge < -0.3 is 10.8 Å². The molecule has 0 aliphatic rings. The van der Waals surface area contributed by atoms with E-state index in [1.807, 2.05) is 55.2 Å². The van der Waals surface area contributed by atoms with Crippen LogP contribution in [0.5, 0.6) is 0 Å². The first kappa shape index (κ1) is 21.9. The lowest BCUT2D eigenvalue weighted by Gasteiger charge is -2.12. The second kappa shape index (κ2) is 8.81. The summed E-state index contributed by atoms with van der Waals surface area (Å²) in [5, 5.41) is 19.9. The maximum absolute atomic E-state index is 9.56. The topological polar surface area (TPSA) is 108 Å². The van der Waals surface area contributed by atoms with E-state index in [2.05, 4.69) is 35.2 Å². The van der Waals surface area contributed by atoms with E-state index in [0.29, 0.717) is 11.5 Å². The molecule has 0 saturated carbocycles. The van der Waals surface area contributed by atoms with E-state index in [1.54, 1.807) is 10.7 Å². The van der Waals surface area contributed by atoms with Crippen molar-refractivity contribution in [2.45, 2.75) is 32.9 Å². The average Bonchev–Trinajstić information content (AvgIpc) is 3.45. The van der Waals surface area contributed by atoms with Gasteiger partial charge in [-0.15, -0.1) is 0 Å². The molecule has 34 heavy (non-hydrogen) atoms. The lowest BCUT2D eigenvalue weighted by Crippen LogP contribution is -2.10. The number of aliphatic hydroxyl groups excluding tert-OH is 1. The van der Waals surface area contributed by atoms with Gasteiger partial charge in [-0.2, -0.15) is 10.2 Å². The second-order valence-corrected chi connectivity index (χ2v) is 8.42. The summed E-state index contributed by atoms with van der Waals surface area (Å²) in [7, 11) is 1.94. The van der Waals surface area contributed by atoms with Crippen LogP contribution in [0.4, 0.5) is 0 Å². The number of hydrogen-bond acceptors (Lipinski definition) is 6. The Hall–Kier alpha value is -3.88. The number of nitrogens with zero attached hydrogens (tertiary/aromatic N) is 6. The number of hydrogen-bond donors (Lipinski definition) is 2. The van der Waals surface area contributed by atoms with Gasteiger partial charge in [-0.25, -0.2) is 9.67 Å². The molecule has 4 heterocycles. The Morgan fingerprint density at radius 1 is 1.03 bits per heavy atom. The zero-order chi connectivity index (χ0) is 23.8. The summed E-state index contributed by atoms with van der Waals surface area (Å²) in [6, 6.07) is 17.6. The minimum Gasteiger partial charge on any atom is -0.390 e. The van der Waals surface area contributed by atoms with Crippen LogP contribution in [-0.2, 0) is 13.7 Å². The van der Waals surface area contributed by atoms with E-state index in [-0.39, 0.29) is 12.6 Å². The Balaban J connectivity index is 1.76. The number of nitrogens with two attached hydrogens (primary N) is 1. The highest BCUT2D eigenvalue weighted by Gasteiger charge is 2.17. The molecule has 0 spiro atoms. The van der Waals surface area contributed by atoms with Gasteiger partial charge in [0, 0.05) is 35.3 Å². The first-order chi connectivity index (χ1) is 16.5. The zero-order valence-electron chi connectivity index (χ0n) is 19.5. The molecule has 0 radical (unpaired) electrons. The third kappa shape index (κ3) is 3.87. The highest BCUT2D eigenvalue weighted by atomic mass is 16.3. The minimum atomic E-state index is -0.134. The van der Waals surface area contributed by atoms with Crippen LogP contribution in [0, 0.1) is 6.92 Å². The van der Waals surface area contributed by atoms with Gasteiger partial charge in [0.1, 0.15) is 0 Å². The lowest BCUT2D eigenvalue weighted by atomic mass is 10.0. The molecule has 0 aliphatic carbocycles. The smallest absolute Gasteiger partial charge is 0.154 e. The SMILES string of the molecule is CC[C@H](N)c1cccc(-c2cc(-c3cc(C)n(C)n3)c3cnn(-c4cccc(CO)n4)c3c2)n1. The first-order valence-corrected chi connectivity index (χ1v) is 11.3. The average molecular weight is 454 g/mol. The normalized spacial score (nSPS) is 12.4. The second-order valence-electron chi connectivity index (χ2n) is 8.42. The quantitative estimate of drug-likeness (QED) is 0.401. The molecule has 8 heteroatoms. The van der Waals surface area contributed by atoms with Gasteiger partial charge in [-0.1, -0.05) is 19.1 Å². The predicted octanol–water partition coefficient (Wildman–Crippen LogP) is 4.09. The maximum Gasteiger partial charge on any atom is 0.154 e. The van der Waals surface area contributed by atoms with Crippen LogP contribution in [0.3, 0.4) is 0 Å². The molecule has 0 aliphatic heterocycles. The molecule has 3 N–H and O–H groups in total. The third-order valence-electron chi connectivity index (χ3n) is 6.14. The van der Waals surface area contributed by atoms with Crippen molar-refractivity contribution < 1.29 is 5.11 Å². The molecule has 0 unspecified atom stereocenters. The molecule has 4 aromatic heterocycles. The van der Waals surface area contributed by atoms with E-state index in [4.69, 9.17) is 15.8 Å². The summed E-state index contributed by atoms with van der Waals surface area (Å²) in [5.41, 5.74) is 13.3. The molecule has 1 atom stereocenters. The fraction of sp³-hybridized carbons (Fsp3) is 0.231. The lowest BCUT2D eigenvalue weighted by molar-refractivity contribution is 0.276. The molecular formula is C26H27N7O. The number of benzene rings is 1. The molecule has 5 aromatic rings. The van der Waals surface area contributed by atoms with Gasteiger partial charge in [0.15, 0.2) is 5.82 Å². The first-order valence-electron chi connectivity index (χ1n) is 11.3. The molecule has 0 amide bonds. The number of aliphatic hydroxyl groups is 1. The van der Waals surface area contributed by atoms with Gasteiger partial charge >= 0.3 is 0 Å². The van der Waals surface area contributed by atoms with Crippen LogP contribution in [-0.4, -0.2) is 34.6 Å². The van der Waals surface area contributed by atoms with Gasteiger partial charge in [-0.05, 0) is 55.8 Å². The number of rotatable bonds is 6. The highest BCUT2D eigenvalue weighted by Crippen LogP contribution is 2.34. The Labute approximate surface area is 197 Å². The predicted molar refractivity (Wildman–Crippen MR) is 132 cm³/mol. The van der Waals surface area contributed by atoms with Crippen LogP contribution in [0.1, 0.15) is 36.5 Å². The van der Waals surface area contributed by atoms with Gasteiger partial charge in [0.2, 0.25) is 0 Å². The van der Waals surface area contributed by atoms with Crippen molar-refractivity contribution in [1.82, 2.24) is 29.5 Å². The van der Waals surface area contributed by atoms with Crippen molar-refractivity contribution in [3.8, 4) is 28.3 Å². The van der Waals surface area contributed by atoms with E-state index < -0.39 is 0 Å². The Kier molecular flexibility index (Phi) is 5.69. The van der Waals surface area contributed by atoms with E-state index in [9.17, 15) is 5.11 Å². The van der Waals surface area contributed by atoms with Crippen molar-refractivity contribution in [2.75, 3.05) is 0 Å². The fourth-order valence-corrected chi connectivity index (χ4v) is 4.06. The van der Waals surface area contributed by atoms with Crippen molar-refractivity contribution in [3.05, 3.63) is 77.9 Å². The van der Waals surface area contributed by atoms with E-state index in [1.165, 1.54) is 0 Å². The van der Waals surface area contributed by atoms with Gasteiger partial charge in [-0.3, -0.25) is 9.67 Å². The van der Waals surface area contributed by atoms with Crippen molar-refractivity contribution in [2.24, 2.45) is 12.8 Å². The largest absolute Gasteiger partial charge is 0.390 e. The highest BCUT2D eigenvalue weighted by molar-refractivity contribution is 5.97. The Morgan fingerprint density at radius 2 is 1.85 bits per heavy atom. The van der Waals surface area contributed by atoms with Crippen LogP contribution < -0.4 is 5.73 Å². The van der Waals surface area contributed by atoms with Gasteiger partial charge in [0.05, 0.1) is 41.1 Å². The zero-order valence-corrected chi connectivity index (χ0v) is 19.5. The molecular weight excluding hydrogens is 426 g/mol. The van der Waals surface area contributed by atoms with E-state index in [0.717, 1.165) is 51.2 Å². The summed E-state index contributed by atoms with van der Waals surface area (Å²) < 4.78 is 3.66. The minimum absolute atomic E-state index is 0.113. The number of fused-ring (bicyclic) bond motifs is 1. The van der Waals surface area contributed by atoms with Gasteiger partial charge in [0.25, 0.3) is 0 Å². The van der Waals surface area contributed by atoms with Crippen molar-refractivity contribution in [3.63, 3.8) is 0 Å². The molecule has 0 bridgehead atoms. The monoisotopic (exact) mass is 453 g/mol. The number of aryl methyl sites for hydroxylation is 2. The van der Waals surface area contributed by atoms with Crippen molar-refractivity contribution >= 4 is 10.9 Å². The number of pyridine rings is 2. The van der Waals surface area contributed by atoms with Crippen LogP contribution in [0.2, 0.25) is 0 Å². The molecule has 8 nitrogen and oxygen atoms in total. The maximum atomic E-state index is 9.56. The Morgan fingerprint density at radius 3 is 2.59 bits per heavy atom. The third-order valence-corrected chi connectivity index (χ3v) is 6.14. The molecule has 5 rings (SSSR count).